The molecule has 2 N–H and O–H groups in total. The predicted molar refractivity (Wildman–Crippen MR) is 72.7 cm³/mol. The van der Waals surface area contributed by atoms with Gasteiger partial charge in [0.2, 0.25) is 0 Å². The highest BCUT2D eigenvalue weighted by molar-refractivity contribution is 5.32. The van der Waals surface area contributed by atoms with Crippen molar-refractivity contribution in [1.29, 1.82) is 0 Å². The van der Waals surface area contributed by atoms with Gasteiger partial charge in [-0.25, -0.2) is 0 Å². The third-order valence-electron chi connectivity index (χ3n) is 4.24. The van der Waals surface area contributed by atoms with Crippen LogP contribution in [0.5, 0.6) is 0 Å². The first-order chi connectivity index (χ1) is 9.93. The van der Waals surface area contributed by atoms with Gasteiger partial charge >= 0.3 is 6.18 Å². The van der Waals surface area contributed by atoms with Crippen LogP contribution in [0.1, 0.15) is 30.0 Å². The van der Waals surface area contributed by atoms with Crippen LogP contribution in [-0.4, -0.2) is 36.7 Å². The molecule has 21 heavy (non-hydrogen) atoms. The molecule has 2 bridgehead atoms. The van der Waals surface area contributed by atoms with Gasteiger partial charge in [-0.1, -0.05) is 18.2 Å². The molecular weight excluding hydrogens is 281 g/mol. The second-order valence-corrected chi connectivity index (χ2v) is 5.87. The SMILES string of the molecule is NC(CN1CC2CCC(C1)O2)c1ccccc1C(F)(F)F. The van der Waals surface area contributed by atoms with E-state index in [0.717, 1.165) is 32.0 Å². The van der Waals surface area contributed by atoms with Crippen molar-refractivity contribution in [1.82, 2.24) is 4.90 Å². The van der Waals surface area contributed by atoms with Crippen LogP contribution in [-0.2, 0) is 10.9 Å². The van der Waals surface area contributed by atoms with Crippen LogP contribution in [0.3, 0.4) is 0 Å². The fourth-order valence-corrected chi connectivity index (χ4v) is 3.30. The van der Waals surface area contributed by atoms with Crippen LogP contribution in [0.15, 0.2) is 24.3 Å². The highest BCUT2D eigenvalue weighted by Gasteiger charge is 2.37. The molecule has 0 aromatic heterocycles. The molecule has 2 aliphatic rings. The van der Waals surface area contributed by atoms with E-state index in [-0.39, 0.29) is 17.8 Å². The van der Waals surface area contributed by atoms with Crippen LogP contribution < -0.4 is 5.73 Å². The maximum Gasteiger partial charge on any atom is 0.416 e. The zero-order valence-corrected chi connectivity index (χ0v) is 11.6. The summed E-state index contributed by atoms with van der Waals surface area (Å²) in [5, 5.41) is 0. The Kier molecular flexibility index (Phi) is 3.94. The number of hydrogen-bond acceptors (Lipinski definition) is 3. The van der Waals surface area contributed by atoms with E-state index in [2.05, 4.69) is 4.90 Å². The van der Waals surface area contributed by atoms with Gasteiger partial charge in [-0.2, -0.15) is 13.2 Å². The van der Waals surface area contributed by atoms with Gasteiger partial charge in [-0.15, -0.1) is 0 Å². The molecule has 1 aromatic rings. The summed E-state index contributed by atoms with van der Waals surface area (Å²) in [5.74, 6) is 0. The van der Waals surface area contributed by atoms with Crippen molar-refractivity contribution >= 4 is 0 Å². The van der Waals surface area contributed by atoms with Crippen LogP contribution in [0.4, 0.5) is 13.2 Å². The molecule has 3 rings (SSSR count). The molecule has 3 unspecified atom stereocenters. The number of nitrogens with two attached hydrogens (primary N) is 1. The van der Waals surface area contributed by atoms with E-state index in [1.165, 1.54) is 12.1 Å². The molecule has 0 radical (unpaired) electrons. The Labute approximate surface area is 121 Å². The Morgan fingerprint density at radius 1 is 1.19 bits per heavy atom. The lowest BCUT2D eigenvalue weighted by Crippen LogP contribution is -2.45. The quantitative estimate of drug-likeness (QED) is 0.932. The molecule has 0 spiro atoms. The number of fused-ring (bicyclic) bond motifs is 2. The number of alkyl halides is 3. The molecule has 116 valence electrons. The number of morpholine rings is 1. The molecule has 0 saturated carbocycles. The van der Waals surface area contributed by atoms with Gasteiger partial charge in [0.1, 0.15) is 0 Å². The number of rotatable bonds is 3. The molecular formula is C15H19F3N2O. The fourth-order valence-electron chi connectivity index (χ4n) is 3.30. The Bertz CT molecular complexity index is 494. The number of halogens is 3. The van der Waals surface area contributed by atoms with Crippen LogP contribution in [0.25, 0.3) is 0 Å². The molecule has 3 atom stereocenters. The summed E-state index contributed by atoms with van der Waals surface area (Å²) in [7, 11) is 0. The molecule has 3 nitrogen and oxygen atoms in total. The topological polar surface area (TPSA) is 38.5 Å². The minimum atomic E-state index is -4.36. The minimum absolute atomic E-state index is 0.170. The number of nitrogens with zero attached hydrogens (tertiary/aromatic N) is 1. The van der Waals surface area contributed by atoms with Crippen molar-refractivity contribution in [3.63, 3.8) is 0 Å². The average Bonchev–Trinajstić information content (AvgIpc) is 2.77. The molecule has 6 heteroatoms. The van der Waals surface area contributed by atoms with Crippen LogP contribution in [0.2, 0.25) is 0 Å². The van der Waals surface area contributed by atoms with E-state index in [9.17, 15) is 13.2 Å². The van der Waals surface area contributed by atoms with Gasteiger partial charge in [0.15, 0.2) is 0 Å². The maximum atomic E-state index is 13.0. The number of hydrogen-bond donors (Lipinski definition) is 1. The van der Waals surface area contributed by atoms with Crippen molar-refractivity contribution in [3.8, 4) is 0 Å². The number of ether oxygens (including phenoxy) is 1. The average molecular weight is 300 g/mol. The Morgan fingerprint density at radius 2 is 1.81 bits per heavy atom. The molecule has 2 heterocycles. The summed E-state index contributed by atoms with van der Waals surface area (Å²) in [6.45, 7) is 1.96. The lowest BCUT2D eigenvalue weighted by molar-refractivity contribution is -0.138. The van der Waals surface area contributed by atoms with Crippen LogP contribution in [0, 0.1) is 0 Å². The predicted octanol–water partition coefficient (Wildman–Crippen LogP) is 2.57. The summed E-state index contributed by atoms with van der Waals surface area (Å²) >= 11 is 0. The van der Waals surface area contributed by atoms with Crippen molar-refractivity contribution in [2.75, 3.05) is 19.6 Å². The Morgan fingerprint density at radius 3 is 2.43 bits per heavy atom. The van der Waals surface area contributed by atoms with Crippen LogP contribution >= 0.6 is 0 Å². The molecule has 2 aliphatic heterocycles. The summed E-state index contributed by atoms with van der Waals surface area (Å²) in [5.41, 5.74) is 5.59. The minimum Gasteiger partial charge on any atom is -0.372 e. The highest BCUT2D eigenvalue weighted by Crippen LogP contribution is 2.34. The monoisotopic (exact) mass is 300 g/mol. The van der Waals surface area contributed by atoms with Gasteiger partial charge in [0.05, 0.1) is 17.8 Å². The van der Waals surface area contributed by atoms with Gasteiger partial charge in [0, 0.05) is 25.7 Å². The van der Waals surface area contributed by atoms with Crippen molar-refractivity contribution in [2.45, 2.75) is 37.3 Å². The Balaban J connectivity index is 1.72. The first kappa shape index (κ1) is 14.8. The number of likely N-dealkylation sites (tertiary alicyclic amines) is 1. The number of benzene rings is 1. The highest BCUT2D eigenvalue weighted by atomic mass is 19.4. The van der Waals surface area contributed by atoms with E-state index < -0.39 is 17.8 Å². The smallest absolute Gasteiger partial charge is 0.372 e. The first-order valence-electron chi connectivity index (χ1n) is 7.23. The van der Waals surface area contributed by atoms with Crippen molar-refractivity contribution < 1.29 is 17.9 Å². The summed E-state index contributed by atoms with van der Waals surface area (Å²) < 4.78 is 44.8. The summed E-state index contributed by atoms with van der Waals surface area (Å²) in [6.07, 6.45) is -1.86. The first-order valence-corrected chi connectivity index (χ1v) is 7.23. The summed E-state index contributed by atoms with van der Waals surface area (Å²) in [6, 6.07) is 4.93. The van der Waals surface area contributed by atoms with Crippen molar-refractivity contribution in [3.05, 3.63) is 35.4 Å². The normalized spacial score (nSPS) is 27.8. The Hall–Kier alpha value is -1.11. The molecule has 0 amide bonds. The second kappa shape index (κ2) is 5.59. The third-order valence-corrected chi connectivity index (χ3v) is 4.24. The fraction of sp³-hybridized carbons (Fsp3) is 0.600. The molecule has 1 aromatic carbocycles. The van der Waals surface area contributed by atoms with Gasteiger partial charge in [-0.05, 0) is 24.5 Å². The van der Waals surface area contributed by atoms with E-state index in [0.29, 0.717) is 6.54 Å². The maximum absolute atomic E-state index is 13.0. The van der Waals surface area contributed by atoms with E-state index in [4.69, 9.17) is 10.5 Å². The standard InChI is InChI=1S/C15H19F3N2O/c16-15(17,18)13-4-2-1-3-12(13)14(19)9-20-7-10-5-6-11(8-20)21-10/h1-4,10-11,14H,5-9,19H2. The largest absolute Gasteiger partial charge is 0.416 e. The van der Waals surface area contributed by atoms with E-state index in [1.807, 2.05) is 0 Å². The summed E-state index contributed by atoms with van der Waals surface area (Å²) in [4.78, 5) is 2.13. The lowest BCUT2D eigenvalue weighted by atomic mass is 10.00. The van der Waals surface area contributed by atoms with Crippen molar-refractivity contribution in [2.24, 2.45) is 5.73 Å². The third kappa shape index (κ3) is 3.22. The van der Waals surface area contributed by atoms with E-state index >= 15 is 0 Å². The zero-order chi connectivity index (χ0) is 15.0. The molecule has 2 saturated heterocycles. The van der Waals surface area contributed by atoms with Gasteiger partial charge < -0.3 is 10.5 Å². The van der Waals surface area contributed by atoms with Gasteiger partial charge in [-0.3, -0.25) is 4.90 Å². The zero-order valence-electron chi connectivity index (χ0n) is 11.6. The van der Waals surface area contributed by atoms with Gasteiger partial charge in [0.25, 0.3) is 0 Å². The molecule has 0 aliphatic carbocycles. The van der Waals surface area contributed by atoms with E-state index in [1.54, 1.807) is 6.07 Å². The molecule has 2 fully saturated rings. The lowest BCUT2D eigenvalue weighted by Gasteiger charge is -2.34. The second-order valence-electron chi connectivity index (χ2n) is 5.87.